The molecule has 0 radical (unpaired) electrons. The van der Waals surface area contributed by atoms with Gasteiger partial charge < -0.3 is 5.32 Å². The van der Waals surface area contributed by atoms with Gasteiger partial charge >= 0.3 is 0 Å². The van der Waals surface area contributed by atoms with Crippen LogP contribution in [0.25, 0.3) is 0 Å². The van der Waals surface area contributed by atoms with Gasteiger partial charge in [0.1, 0.15) is 0 Å². The molecule has 1 aliphatic heterocycles. The molecule has 0 atom stereocenters. The summed E-state index contributed by atoms with van der Waals surface area (Å²) in [5.41, 5.74) is 3.47. The molecule has 0 unspecified atom stereocenters. The van der Waals surface area contributed by atoms with Crippen molar-refractivity contribution >= 4 is 33.4 Å². The van der Waals surface area contributed by atoms with Crippen LogP contribution in [0.5, 0.6) is 0 Å². The summed E-state index contributed by atoms with van der Waals surface area (Å²) in [6.07, 6.45) is 0.675. The van der Waals surface area contributed by atoms with Crippen molar-refractivity contribution in [1.29, 1.82) is 0 Å². The molecule has 0 bridgehead atoms. The molecule has 8 heteroatoms. The maximum absolute atomic E-state index is 13.0. The number of hydrogen-bond donors (Lipinski definition) is 1. The number of carbonyl (C=O) groups excluding carboxylic acids is 1. The molecule has 150 valence electrons. The number of rotatable bonds is 5. The van der Waals surface area contributed by atoms with E-state index in [0.29, 0.717) is 36.8 Å². The summed E-state index contributed by atoms with van der Waals surface area (Å²) < 4.78 is 28.6. The number of amides is 1. The highest BCUT2D eigenvalue weighted by molar-refractivity contribution is 7.86. The normalized spacial score (nSPS) is 17.4. The highest BCUT2D eigenvalue weighted by atomic mass is 35.5. The molecule has 1 amide bonds. The number of nitrogens with zero attached hydrogens (tertiary/aromatic N) is 2. The van der Waals surface area contributed by atoms with Crippen LogP contribution in [0, 0.1) is 13.8 Å². The lowest BCUT2D eigenvalue weighted by Gasteiger charge is -2.34. The quantitative estimate of drug-likeness (QED) is 0.804. The number of nitrogens with one attached hydrogen (secondary N) is 1. The van der Waals surface area contributed by atoms with Crippen molar-refractivity contribution in [2.45, 2.75) is 26.8 Å². The Bertz CT molecular complexity index is 978. The van der Waals surface area contributed by atoms with Crippen molar-refractivity contribution in [3.63, 3.8) is 0 Å². The minimum absolute atomic E-state index is 0.224. The van der Waals surface area contributed by atoms with E-state index in [2.05, 4.69) is 5.32 Å². The third kappa shape index (κ3) is 4.72. The smallest absolute Gasteiger partial charge is 0.282 e. The fourth-order valence-corrected chi connectivity index (χ4v) is 4.96. The third-order valence-corrected chi connectivity index (χ3v) is 7.19. The second kappa shape index (κ2) is 8.61. The van der Waals surface area contributed by atoms with E-state index in [1.165, 1.54) is 8.61 Å². The molecule has 1 saturated heterocycles. The first-order valence-electron chi connectivity index (χ1n) is 9.13. The molecule has 0 saturated carbocycles. The molecule has 0 spiro atoms. The summed E-state index contributed by atoms with van der Waals surface area (Å²) in [7, 11) is -3.70. The van der Waals surface area contributed by atoms with Gasteiger partial charge in [0.25, 0.3) is 10.2 Å². The summed E-state index contributed by atoms with van der Waals surface area (Å²) >= 11 is 6.08. The van der Waals surface area contributed by atoms with Gasteiger partial charge in [-0.3, -0.25) is 4.79 Å². The highest BCUT2D eigenvalue weighted by Crippen LogP contribution is 2.22. The number of hydrogen-bond acceptors (Lipinski definition) is 3. The zero-order valence-electron chi connectivity index (χ0n) is 16.0. The minimum Gasteiger partial charge on any atom is -0.325 e. The summed E-state index contributed by atoms with van der Waals surface area (Å²) in [4.78, 5) is 12.4. The lowest BCUT2D eigenvalue weighted by Crippen LogP contribution is -2.51. The lowest BCUT2D eigenvalue weighted by atomic mass is 10.1. The van der Waals surface area contributed by atoms with E-state index in [-0.39, 0.29) is 12.5 Å². The lowest BCUT2D eigenvalue weighted by molar-refractivity contribution is -0.116. The fourth-order valence-electron chi connectivity index (χ4n) is 3.15. The Morgan fingerprint density at radius 2 is 1.79 bits per heavy atom. The highest BCUT2D eigenvalue weighted by Gasteiger charge is 2.34. The van der Waals surface area contributed by atoms with Gasteiger partial charge in [-0.15, -0.1) is 0 Å². The van der Waals surface area contributed by atoms with Gasteiger partial charge in [-0.25, -0.2) is 0 Å². The third-order valence-electron chi connectivity index (χ3n) is 4.85. The summed E-state index contributed by atoms with van der Waals surface area (Å²) in [5, 5.41) is 3.27. The molecule has 2 aromatic carbocycles. The number of benzene rings is 2. The standard InChI is InChI=1S/C20H24ClN3O3S/c1-15-6-3-4-7-17(15)13-23-10-5-11-24(28(23,26)27)14-20(25)22-18-9-8-16(2)19(21)12-18/h3-4,6-9,12H,5,10-11,13-14H2,1-2H3,(H,22,25). The molecule has 0 aliphatic carbocycles. The van der Waals surface area contributed by atoms with Crippen molar-refractivity contribution < 1.29 is 13.2 Å². The number of halogens is 1. The van der Waals surface area contributed by atoms with Gasteiger partial charge in [0.05, 0.1) is 6.54 Å². The van der Waals surface area contributed by atoms with Gasteiger partial charge in [0.15, 0.2) is 0 Å². The van der Waals surface area contributed by atoms with Crippen LogP contribution in [0.2, 0.25) is 5.02 Å². The molecule has 1 heterocycles. The van der Waals surface area contributed by atoms with Crippen LogP contribution in [0.15, 0.2) is 42.5 Å². The molecule has 0 aromatic heterocycles. The van der Waals surface area contributed by atoms with Gasteiger partial charge in [-0.05, 0) is 49.1 Å². The number of aryl methyl sites for hydroxylation is 2. The maximum atomic E-state index is 13.0. The summed E-state index contributed by atoms with van der Waals surface area (Å²) in [6.45, 7) is 4.69. The first kappa shape index (κ1) is 20.8. The molecule has 1 aliphatic rings. The van der Waals surface area contributed by atoms with E-state index < -0.39 is 10.2 Å². The van der Waals surface area contributed by atoms with E-state index >= 15 is 0 Å². The average molecular weight is 422 g/mol. The zero-order valence-corrected chi connectivity index (χ0v) is 17.6. The van der Waals surface area contributed by atoms with Crippen LogP contribution in [-0.4, -0.2) is 42.6 Å². The second-order valence-corrected chi connectivity index (χ2v) is 9.30. The van der Waals surface area contributed by atoms with Crippen LogP contribution in [0.1, 0.15) is 23.1 Å². The van der Waals surface area contributed by atoms with Gasteiger partial charge in [-0.1, -0.05) is 41.9 Å². The van der Waals surface area contributed by atoms with Crippen LogP contribution in [0.3, 0.4) is 0 Å². The molecular weight excluding hydrogens is 398 g/mol. The van der Waals surface area contributed by atoms with Crippen LogP contribution >= 0.6 is 11.6 Å². The zero-order chi connectivity index (χ0) is 20.3. The van der Waals surface area contributed by atoms with Crippen LogP contribution in [-0.2, 0) is 21.5 Å². The Kier molecular flexibility index (Phi) is 6.40. The van der Waals surface area contributed by atoms with Gasteiger partial charge in [0.2, 0.25) is 5.91 Å². The van der Waals surface area contributed by atoms with E-state index in [0.717, 1.165) is 16.7 Å². The SMILES string of the molecule is Cc1ccc(NC(=O)CN2CCCN(Cc3ccccc3C)S2(=O)=O)cc1Cl. The first-order chi connectivity index (χ1) is 13.3. The predicted octanol–water partition coefficient (Wildman–Crippen LogP) is 3.35. The van der Waals surface area contributed by atoms with Crippen LogP contribution < -0.4 is 5.32 Å². The van der Waals surface area contributed by atoms with Crippen molar-refractivity contribution in [2.24, 2.45) is 0 Å². The molecule has 3 rings (SSSR count). The van der Waals surface area contributed by atoms with E-state index in [1.54, 1.807) is 18.2 Å². The Balaban J connectivity index is 1.68. The minimum atomic E-state index is -3.70. The fraction of sp³-hybridized carbons (Fsp3) is 0.350. The predicted molar refractivity (Wildman–Crippen MR) is 112 cm³/mol. The van der Waals surface area contributed by atoms with Crippen LogP contribution in [0.4, 0.5) is 5.69 Å². The summed E-state index contributed by atoms with van der Waals surface area (Å²) in [5.74, 6) is -0.388. The van der Waals surface area contributed by atoms with E-state index in [9.17, 15) is 13.2 Å². The Labute approximate surface area is 171 Å². The summed E-state index contributed by atoms with van der Waals surface area (Å²) in [6, 6.07) is 12.9. The maximum Gasteiger partial charge on any atom is 0.282 e. The molecule has 1 N–H and O–H groups in total. The monoisotopic (exact) mass is 421 g/mol. The topological polar surface area (TPSA) is 69.7 Å². The number of carbonyl (C=O) groups is 1. The molecular formula is C20H24ClN3O3S. The number of anilines is 1. The van der Waals surface area contributed by atoms with Gasteiger partial charge in [-0.2, -0.15) is 17.0 Å². The Hall–Kier alpha value is -1.93. The van der Waals surface area contributed by atoms with Crippen molar-refractivity contribution in [3.05, 3.63) is 64.2 Å². The first-order valence-corrected chi connectivity index (χ1v) is 10.9. The van der Waals surface area contributed by atoms with Gasteiger partial charge in [0, 0.05) is 30.3 Å². The largest absolute Gasteiger partial charge is 0.325 e. The second-order valence-electron chi connectivity index (χ2n) is 6.97. The van der Waals surface area contributed by atoms with Crippen molar-refractivity contribution in [1.82, 2.24) is 8.61 Å². The van der Waals surface area contributed by atoms with Crippen molar-refractivity contribution in [2.75, 3.05) is 25.0 Å². The molecule has 6 nitrogen and oxygen atoms in total. The molecule has 2 aromatic rings. The Morgan fingerprint density at radius 1 is 1.07 bits per heavy atom. The molecule has 28 heavy (non-hydrogen) atoms. The van der Waals surface area contributed by atoms with E-state index in [1.807, 2.05) is 38.1 Å². The average Bonchev–Trinajstić information content (AvgIpc) is 2.63. The van der Waals surface area contributed by atoms with Crippen molar-refractivity contribution in [3.8, 4) is 0 Å². The van der Waals surface area contributed by atoms with E-state index in [4.69, 9.17) is 11.6 Å². The Morgan fingerprint density at radius 3 is 2.50 bits per heavy atom. The molecule has 1 fully saturated rings.